The van der Waals surface area contributed by atoms with Crippen LogP contribution >= 0.6 is 11.3 Å². The predicted molar refractivity (Wildman–Crippen MR) is 64.9 cm³/mol. The van der Waals surface area contributed by atoms with Gasteiger partial charge in [0.2, 0.25) is 17.5 Å². The fourth-order valence-corrected chi connectivity index (χ4v) is 2.13. The van der Waals surface area contributed by atoms with Crippen molar-refractivity contribution in [1.82, 2.24) is 4.98 Å². The molecule has 0 aliphatic heterocycles. The van der Waals surface area contributed by atoms with E-state index in [0.29, 0.717) is 5.89 Å². The Morgan fingerprint density at radius 1 is 1.59 bits per heavy atom. The Bertz CT molecular complexity index is 545. The first-order valence-electron chi connectivity index (χ1n) is 5.12. The number of hydrogen-bond donors (Lipinski definition) is 1. The fourth-order valence-electron chi connectivity index (χ4n) is 1.33. The number of esters is 1. The summed E-state index contributed by atoms with van der Waals surface area (Å²) >= 11 is 1.52. The molecule has 0 fully saturated rings. The van der Waals surface area contributed by atoms with E-state index in [4.69, 9.17) is 14.9 Å². The van der Waals surface area contributed by atoms with Gasteiger partial charge >= 0.3 is 5.97 Å². The quantitative estimate of drug-likeness (QED) is 0.849. The summed E-state index contributed by atoms with van der Waals surface area (Å²) in [5, 5.41) is 0. The van der Waals surface area contributed by atoms with Gasteiger partial charge in [-0.1, -0.05) is 0 Å². The van der Waals surface area contributed by atoms with E-state index in [-0.39, 0.29) is 18.2 Å². The van der Waals surface area contributed by atoms with Crippen molar-refractivity contribution in [2.75, 3.05) is 12.3 Å². The molecule has 90 valence electrons. The van der Waals surface area contributed by atoms with Crippen molar-refractivity contribution in [2.45, 2.75) is 13.8 Å². The van der Waals surface area contributed by atoms with Gasteiger partial charge in [0, 0.05) is 4.88 Å². The van der Waals surface area contributed by atoms with Crippen molar-refractivity contribution >= 4 is 23.2 Å². The highest BCUT2D eigenvalue weighted by molar-refractivity contribution is 7.15. The summed E-state index contributed by atoms with van der Waals surface area (Å²) in [6.07, 6.45) is 0. The molecule has 0 unspecified atom stereocenters. The molecular weight excluding hydrogens is 240 g/mol. The predicted octanol–water partition coefficient (Wildman–Crippen LogP) is 2.47. The van der Waals surface area contributed by atoms with Gasteiger partial charge in [-0.05, 0) is 26.0 Å². The summed E-state index contributed by atoms with van der Waals surface area (Å²) in [6.45, 7) is 3.98. The number of aromatic nitrogens is 1. The van der Waals surface area contributed by atoms with Crippen LogP contribution in [0.3, 0.4) is 0 Å². The Hall–Kier alpha value is -1.82. The number of carbonyl (C=O) groups is 1. The third-order valence-electron chi connectivity index (χ3n) is 2.07. The van der Waals surface area contributed by atoms with Crippen LogP contribution in [0, 0.1) is 6.92 Å². The molecule has 0 aromatic carbocycles. The van der Waals surface area contributed by atoms with Gasteiger partial charge in [-0.3, -0.25) is 0 Å². The van der Waals surface area contributed by atoms with E-state index in [1.54, 1.807) is 6.92 Å². The number of oxazole rings is 1. The smallest absolute Gasteiger partial charge is 0.362 e. The molecule has 5 nitrogen and oxygen atoms in total. The Morgan fingerprint density at radius 2 is 2.35 bits per heavy atom. The number of aryl methyl sites for hydroxylation is 1. The molecule has 2 N–H and O–H groups in total. The molecule has 17 heavy (non-hydrogen) atoms. The van der Waals surface area contributed by atoms with Crippen LogP contribution in [-0.4, -0.2) is 17.6 Å². The number of rotatable bonds is 3. The molecule has 0 bridgehead atoms. The summed E-state index contributed by atoms with van der Waals surface area (Å²) in [7, 11) is 0. The van der Waals surface area contributed by atoms with Gasteiger partial charge in [-0.25, -0.2) is 4.79 Å². The Labute approximate surface area is 102 Å². The van der Waals surface area contributed by atoms with Crippen LogP contribution in [0.4, 0.5) is 5.88 Å². The largest absolute Gasteiger partial charge is 0.461 e. The Morgan fingerprint density at radius 3 is 2.94 bits per heavy atom. The first kappa shape index (κ1) is 11.7. The number of nitrogen functional groups attached to an aromatic ring is 1. The van der Waals surface area contributed by atoms with Gasteiger partial charge < -0.3 is 14.9 Å². The average molecular weight is 252 g/mol. The number of nitrogens with two attached hydrogens (primary N) is 1. The summed E-state index contributed by atoms with van der Waals surface area (Å²) in [6, 6.07) is 3.82. The minimum Gasteiger partial charge on any atom is -0.461 e. The van der Waals surface area contributed by atoms with Gasteiger partial charge in [-0.2, -0.15) is 4.98 Å². The van der Waals surface area contributed by atoms with Crippen molar-refractivity contribution in [3.05, 3.63) is 22.7 Å². The summed E-state index contributed by atoms with van der Waals surface area (Å²) in [5.74, 6) is -0.221. The highest BCUT2D eigenvalue weighted by Crippen LogP contribution is 2.29. The van der Waals surface area contributed by atoms with Gasteiger partial charge in [0.1, 0.15) is 0 Å². The second-order valence-corrected chi connectivity index (χ2v) is 4.65. The number of thiophene rings is 1. The standard InChI is InChI=1S/C11H12N2O3S/c1-3-15-11(14)8-9(12)16-10(13-8)7-5-4-6(2)17-7/h4-5H,3,12H2,1-2H3. The number of hydrogen-bond acceptors (Lipinski definition) is 6. The minimum atomic E-state index is -0.562. The molecule has 0 aliphatic rings. The zero-order valence-electron chi connectivity index (χ0n) is 9.52. The molecular formula is C11H12N2O3S. The molecule has 2 rings (SSSR count). The van der Waals surface area contributed by atoms with Crippen LogP contribution in [0.1, 0.15) is 22.3 Å². The molecule has 6 heteroatoms. The molecule has 2 aromatic rings. The van der Waals surface area contributed by atoms with Gasteiger partial charge in [0.05, 0.1) is 11.5 Å². The van der Waals surface area contributed by atoms with Crippen LogP contribution in [0.2, 0.25) is 0 Å². The van der Waals surface area contributed by atoms with Gasteiger partial charge in [0.25, 0.3) is 0 Å². The van der Waals surface area contributed by atoms with Crippen LogP contribution in [0.5, 0.6) is 0 Å². The van der Waals surface area contributed by atoms with Gasteiger partial charge in [-0.15, -0.1) is 11.3 Å². The maximum atomic E-state index is 11.5. The molecule has 2 heterocycles. The molecule has 0 saturated heterocycles. The first-order valence-corrected chi connectivity index (χ1v) is 5.93. The molecule has 0 amide bonds. The van der Waals surface area contributed by atoms with E-state index >= 15 is 0 Å². The number of carbonyl (C=O) groups excluding carboxylic acids is 1. The normalized spacial score (nSPS) is 10.5. The highest BCUT2D eigenvalue weighted by atomic mass is 32.1. The minimum absolute atomic E-state index is 0.00972. The zero-order valence-corrected chi connectivity index (χ0v) is 10.3. The fraction of sp³-hybridized carbons (Fsp3) is 0.273. The third-order valence-corrected chi connectivity index (χ3v) is 3.06. The van der Waals surface area contributed by atoms with E-state index in [9.17, 15) is 4.79 Å². The van der Waals surface area contributed by atoms with E-state index in [2.05, 4.69) is 4.98 Å². The second-order valence-electron chi connectivity index (χ2n) is 3.36. The number of anilines is 1. The third kappa shape index (κ3) is 2.31. The highest BCUT2D eigenvalue weighted by Gasteiger charge is 2.20. The Balaban J connectivity index is 2.33. The zero-order chi connectivity index (χ0) is 12.4. The van der Waals surface area contributed by atoms with E-state index < -0.39 is 5.97 Å². The Kier molecular flexibility index (Phi) is 3.14. The monoisotopic (exact) mass is 252 g/mol. The number of ether oxygens (including phenoxy) is 1. The SMILES string of the molecule is CCOC(=O)c1nc(-c2ccc(C)s2)oc1N. The maximum Gasteiger partial charge on any atom is 0.362 e. The van der Waals surface area contributed by atoms with Gasteiger partial charge in [0.15, 0.2) is 0 Å². The molecule has 0 aliphatic carbocycles. The summed E-state index contributed by atoms with van der Waals surface area (Å²) in [5.41, 5.74) is 5.63. The molecule has 0 saturated carbocycles. The van der Waals surface area contributed by atoms with Crippen LogP contribution < -0.4 is 5.73 Å². The number of nitrogens with zero attached hydrogens (tertiary/aromatic N) is 1. The van der Waals surface area contributed by atoms with Crippen molar-refractivity contribution in [2.24, 2.45) is 0 Å². The van der Waals surface area contributed by atoms with E-state index in [1.165, 1.54) is 11.3 Å². The van der Waals surface area contributed by atoms with Crippen molar-refractivity contribution in [1.29, 1.82) is 0 Å². The topological polar surface area (TPSA) is 78.3 Å². The van der Waals surface area contributed by atoms with Crippen molar-refractivity contribution in [3.63, 3.8) is 0 Å². The molecule has 0 radical (unpaired) electrons. The average Bonchev–Trinajstić information content (AvgIpc) is 2.85. The molecule has 0 spiro atoms. The molecule has 0 atom stereocenters. The molecule has 2 aromatic heterocycles. The lowest BCUT2D eigenvalue weighted by molar-refractivity contribution is 0.0521. The lowest BCUT2D eigenvalue weighted by atomic mass is 10.4. The van der Waals surface area contributed by atoms with Crippen molar-refractivity contribution < 1.29 is 13.9 Å². The van der Waals surface area contributed by atoms with Crippen molar-refractivity contribution in [3.8, 4) is 10.8 Å². The maximum absolute atomic E-state index is 11.5. The summed E-state index contributed by atoms with van der Waals surface area (Å²) < 4.78 is 10.1. The van der Waals surface area contributed by atoms with E-state index in [1.807, 2.05) is 19.1 Å². The first-order chi connectivity index (χ1) is 8.11. The summed E-state index contributed by atoms with van der Waals surface area (Å²) in [4.78, 5) is 17.5. The van der Waals surface area contributed by atoms with Crippen LogP contribution in [0.25, 0.3) is 10.8 Å². The van der Waals surface area contributed by atoms with Crippen LogP contribution in [0.15, 0.2) is 16.5 Å². The lowest BCUT2D eigenvalue weighted by Gasteiger charge is -1.96. The lowest BCUT2D eigenvalue weighted by Crippen LogP contribution is -2.07. The van der Waals surface area contributed by atoms with E-state index in [0.717, 1.165) is 9.75 Å². The second kappa shape index (κ2) is 4.58. The van der Waals surface area contributed by atoms with Crippen LogP contribution in [-0.2, 0) is 4.74 Å².